The molecule has 4 heterocycles. The van der Waals surface area contributed by atoms with Gasteiger partial charge in [0.05, 0.1) is 11.0 Å². The van der Waals surface area contributed by atoms with E-state index in [1.54, 1.807) is 4.52 Å². The highest BCUT2D eigenvalue weighted by Gasteiger charge is 2.22. The Balaban J connectivity index is 1.71. The van der Waals surface area contributed by atoms with Crippen LogP contribution in [0.25, 0.3) is 28.1 Å². The van der Waals surface area contributed by atoms with Crippen molar-refractivity contribution in [1.82, 2.24) is 50.5 Å². The molecule has 0 radical (unpaired) electrons. The Morgan fingerprint density at radius 1 is 1.08 bits per heavy atom. The van der Waals surface area contributed by atoms with Crippen molar-refractivity contribution in [2.24, 2.45) is 0 Å². The summed E-state index contributed by atoms with van der Waals surface area (Å²) >= 11 is 0. The molecule has 1 aliphatic heterocycles. The summed E-state index contributed by atoms with van der Waals surface area (Å²) < 4.78 is 1.74. The molecule has 11 heteroatoms. The number of H-pyrrole nitrogens is 1. The van der Waals surface area contributed by atoms with E-state index in [0.29, 0.717) is 11.5 Å². The zero-order chi connectivity index (χ0) is 17.7. The fourth-order valence-electron chi connectivity index (χ4n) is 3.34. The fourth-order valence-corrected chi connectivity index (χ4v) is 3.34. The molecular weight excluding hydrogens is 334 g/mol. The third-order valence-electron chi connectivity index (χ3n) is 4.83. The van der Waals surface area contributed by atoms with E-state index in [4.69, 9.17) is 4.98 Å². The first-order valence-corrected chi connectivity index (χ1v) is 8.40. The van der Waals surface area contributed by atoms with E-state index in [-0.39, 0.29) is 0 Å². The lowest BCUT2D eigenvalue weighted by Crippen LogP contribution is -2.45. The van der Waals surface area contributed by atoms with Crippen LogP contribution < -0.4 is 4.90 Å². The first-order valence-electron chi connectivity index (χ1n) is 8.40. The van der Waals surface area contributed by atoms with Gasteiger partial charge in [-0.05, 0) is 47.3 Å². The maximum Gasteiger partial charge on any atom is 0.222 e. The first kappa shape index (κ1) is 15.1. The number of anilines is 1. The van der Waals surface area contributed by atoms with Gasteiger partial charge in [0.2, 0.25) is 11.5 Å². The summed E-state index contributed by atoms with van der Waals surface area (Å²) in [5, 5.41) is 26.6. The van der Waals surface area contributed by atoms with Crippen LogP contribution in [0.15, 0.2) is 12.1 Å². The molecule has 0 bridgehead atoms. The van der Waals surface area contributed by atoms with Crippen LogP contribution in [-0.2, 0) is 0 Å². The summed E-state index contributed by atoms with van der Waals surface area (Å²) in [6, 6.07) is 3.97. The Morgan fingerprint density at radius 3 is 2.69 bits per heavy atom. The maximum absolute atomic E-state index is 4.89. The van der Waals surface area contributed by atoms with Gasteiger partial charge in [-0.15, -0.1) is 15.3 Å². The highest BCUT2D eigenvalue weighted by molar-refractivity contribution is 5.87. The summed E-state index contributed by atoms with van der Waals surface area (Å²) in [6.07, 6.45) is 0. The van der Waals surface area contributed by atoms with E-state index < -0.39 is 0 Å². The van der Waals surface area contributed by atoms with Crippen LogP contribution in [-0.4, -0.2) is 83.8 Å². The molecule has 26 heavy (non-hydrogen) atoms. The number of hydrogen-bond donors (Lipinski definition) is 1. The van der Waals surface area contributed by atoms with Crippen molar-refractivity contribution < 1.29 is 0 Å². The lowest BCUT2D eigenvalue weighted by Gasteiger charge is -2.33. The third kappa shape index (κ3) is 2.28. The molecular formula is C15H17N11. The topological polar surface area (TPSA) is 117 Å². The Kier molecular flexibility index (Phi) is 3.28. The van der Waals surface area contributed by atoms with Crippen LogP contribution in [0.3, 0.4) is 0 Å². The number of rotatable bonds is 2. The van der Waals surface area contributed by atoms with Gasteiger partial charge in [0.1, 0.15) is 0 Å². The predicted molar refractivity (Wildman–Crippen MR) is 93.7 cm³/mol. The summed E-state index contributed by atoms with van der Waals surface area (Å²) in [7, 11) is 2.13. The molecule has 0 saturated carbocycles. The number of benzene rings is 1. The van der Waals surface area contributed by atoms with Crippen LogP contribution in [0.1, 0.15) is 5.56 Å². The molecule has 0 unspecified atom stereocenters. The van der Waals surface area contributed by atoms with Crippen LogP contribution in [0.4, 0.5) is 5.82 Å². The molecule has 0 atom stereocenters. The zero-order valence-electron chi connectivity index (χ0n) is 14.5. The lowest BCUT2D eigenvalue weighted by molar-refractivity contribution is 0.312. The highest BCUT2D eigenvalue weighted by atomic mass is 15.5. The molecule has 1 fully saturated rings. The second-order valence-corrected chi connectivity index (χ2v) is 6.53. The molecule has 4 aromatic rings. The molecule has 132 valence electrons. The van der Waals surface area contributed by atoms with Gasteiger partial charge in [0.15, 0.2) is 5.82 Å². The minimum absolute atomic E-state index is 0.536. The van der Waals surface area contributed by atoms with Crippen LogP contribution in [0, 0.1) is 6.92 Å². The van der Waals surface area contributed by atoms with Crippen molar-refractivity contribution in [2.75, 3.05) is 38.1 Å². The summed E-state index contributed by atoms with van der Waals surface area (Å²) in [6.45, 7) is 5.79. The number of nitrogens with zero attached hydrogens (tertiary/aromatic N) is 10. The van der Waals surface area contributed by atoms with Gasteiger partial charge in [-0.25, -0.2) is 4.98 Å². The molecule has 3 aromatic heterocycles. The monoisotopic (exact) mass is 351 g/mol. The van der Waals surface area contributed by atoms with Gasteiger partial charge in [0.25, 0.3) is 0 Å². The van der Waals surface area contributed by atoms with Crippen molar-refractivity contribution in [3.8, 4) is 11.4 Å². The Morgan fingerprint density at radius 2 is 1.92 bits per heavy atom. The second kappa shape index (κ2) is 5.66. The number of tetrazole rings is 2. The van der Waals surface area contributed by atoms with E-state index in [1.165, 1.54) is 0 Å². The molecule has 0 amide bonds. The van der Waals surface area contributed by atoms with Gasteiger partial charge in [-0.3, -0.25) is 0 Å². The summed E-state index contributed by atoms with van der Waals surface area (Å²) in [5.41, 5.74) is 4.20. The van der Waals surface area contributed by atoms with Crippen molar-refractivity contribution >= 4 is 22.5 Å². The molecule has 1 aromatic carbocycles. The summed E-state index contributed by atoms with van der Waals surface area (Å²) in [5.74, 6) is 1.36. The lowest BCUT2D eigenvalue weighted by atomic mass is 10.1. The SMILES string of the molecule is Cc1cc2nc(N3CCN(C)CC3)c3nnnn3c2cc1-c1nn[nH]n1. The van der Waals surface area contributed by atoms with Crippen molar-refractivity contribution in [3.05, 3.63) is 17.7 Å². The van der Waals surface area contributed by atoms with Crippen LogP contribution in [0.2, 0.25) is 0 Å². The normalized spacial score (nSPS) is 16.0. The number of aromatic nitrogens is 9. The molecule has 1 saturated heterocycles. The Bertz CT molecular complexity index is 1080. The largest absolute Gasteiger partial charge is 0.351 e. The van der Waals surface area contributed by atoms with Gasteiger partial charge in [-0.1, -0.05) is 0 Å². The number of nitrogens with one attached hydrogen (secondary N) is 1. The molecule has 0 spiro atoms. The van der Waals surface area contributed by atoms with E-state index >= 15 is 0 Å². The number of aromatic amines is 1. The van der Waals surface area contributed by atoms with E-state index in [0.717, 1.165) is 54.2 Å². The average molecular weight is 351 g/mol. The Hall–Kier alpha value is -3.21. The Labute approximate surface area is 148 Å². The van der Waals surface area contributed by atoms with Gasteiger partial charge < -0.3 is 9.80 Å². The standard InChI is InChI=1S/C15H17N11/c1-9-7-11-12(8-10(9)13-17-20-21-18-13)26-15(19-22-23-26)14(16-11)25-5-3-24(2)4-6-25/h7-8H,3-6H2,1-2H3,(H,17,18,20,21). The van der Waals surface area contributed by atoms with E-state index in [9.17, 15) is 0 Å². The molecule has 1 N–H and O–H groups in total. The van der Waals surface area contributed by atoms with Crippen molar-refractivity contribution in [1.29, 1.82) is 0 Å². The van der Waals surface area contributed by atoms with Crippen molar-refractivity contribution in [2.45, 2.75) is 6.92 Å². The molecule has 1 aliphatic rings. The van der Waals surface area contributed by atoms with Gasteiger partial charge >= 0.3 is 0 Å². The first-order chi connectivity index (χ1) is 12.7. The van der Waals surface area contributed by atoms with Crippen LogP contribution in [0.5, 0.6) is 0 Å². The number of hydrogen-bond acceptors (Lipinski definition) is 9. The zero-order valence-corrected chi connectivity index (χ0v) is 14.5. The quantitative estimate of drug-likeness (QED) is 0.529. The molecule has 0 aliphatic carbocycles. The van der Waals surface area contributed by atoms with E-state index in [1.807, 2.05) is 19.1 Å². The van der Waals surface area contributed by atoms with Crippen molar-refractivity contribution in [3.63, 3.8) is 0 Å². The fraction of sp³-hybridized carbons (Fsp3) is 0.400. The smallest absolute Gasteiger partial charge is 0.222 e. The number of likely N-dealkylation sites (N-methyl/N-ethyl adjacent to an activating group) is 1. The third-order valence-corrected chi connectivity index (χ3v) is 4.83. The minimum Gasteiger partial charge on any atom is -0.351 e. The van der Waals surface area contributed by atoms with E-state index in [2.05, 4.69) is 53.0 Å². The average Bonchev–Trinajstić information content (AvgIpc) is 3.33. The highest BCUT2D eigenvalue weighted by Crippen LogP contribution is 2.28. The summed E-state index contributed by atoms with van der Waals surface area (Å²) in [4.78, 5) is 9.43. The van der Waals surface area contributed by atoms with Gasteiger partial charge in [-0.2, -0.15) is 9.73 Å². The number of piperazine rings is 1. The number of aryl methyl sites for hydroxylation is 1. The number of fused-ring (bicyclic) bond motifs is 3. The van der Waals surface area contributed by atoms with Crippen LogP contribution >= 0.6 is 0 Å². The molecule has 11 nitrogen and oxygen atoms in total. The minimum atomic E-state index is 0.536. The molecule has 5 rings (SSSR count). The maximum atomic E-state index is 4.89. The second-order valence-electron chi connectivity index (χ2n) is 6.53. The van der Waals surface area contributed by atoms with Gasteiger partial charge in [0, 0.05) is 31.7 Å². The predicted octanol–water partition coefficient (Wildman–Crippen LogP) is -0.0872.